The minimum Gasteiger partial charge on any atom is -0.383 e. The molecule has 1 fully saturated rings. The van der Waals surface area contributed by atoms with Crippen molar-refractivity contribution in [3.8, 4) is 11.5 Å². The van der Waals surface area contributed by atoms with Crippen LogP contribution in [0, 0.1) is 0 Å². The number of nitrogens with one attached hydrogen (secondary N) is 1. The quantitative estimate of drug-likeness (QED) is 0.142. The van der Waals surface area contributed by atoms with Crippen LogP contribution in [0.15, 0.2) is 85.2 Å². The fourth-order valence-corrected chi connectivity index (χ4v) is 6.01. The number of alkyl halides is 1. The van der Waals surface area contributed by atoms with E-state index in [0.29, 0.717) is 47.2 Å². The van der Waals surface area contributed by atoms with Gasteiger partial charge >= 0.3 is 0 Å². The largest absolute Gasteiger partial charge is 0.383 e. The van der Waals surface area contributed by atoms with Gasteiger partial charge in [0.25, 0.3) is 0 Å². The number of carbonyl (C=O) groups is 1. The maximum absolute atomic E-state index is 15.1. The molecule has 1 aliphatic carbocycles. The summed E-state index contributed by atoms with van der Waals surface area (Å²) in [5.74, 6) is 1.35. The fourth-order valence-electron chi connectivity index (χ4n) is 6.01. The Hall–Kier alpha value is -4.90. The van der Waals surface area contributed by atoms with E-state index in [1.165, 1.54) is 16.5 Å². The molecule has 2 unspecified atom stereocenters. The number of hydrogen-bond donors (Lipinski definition) is 2. The van der Waals surface area contributed by atoms with E-state index in [2.05, 4.69) is 40.7 Å². The van der Waals surface area contributed by atoms with Gasteiger partial charge in [-0.3, -0.25) is 14.4 Å². The number of rotatable bonds is 8. The molecule has 2 aliphatic rings. The van der Waals surface area contributed by atoms with Crippen LogP contribution >= 0.6 is 0 Å². The van der Waals surface area contributed by atoms with Crippen molar-refractivity contribution in [2.75, 3.05) is 20.1 Å². The van der Waals surface area contributed by atoms with Crippen molar-refractivity contribution in [2.45, 2.75) is 37.5 Å². The summed E-state index contributed by atoms with van der Waals surface area (Å²) < 4.78 is 18.8. The molecule has 0 radical (unpaired) electrons. The molecule has 1 aromatic carbocycles. The third kappa shape index (κ3) is 5.27. The van der Waals surface area contributed by atoms with E-state index < -0.39 is 6.17 Å². The molecule has 4 heterocycles. The van der Waals surface area contributed by atoms with Crippen molar-refractivity contribution < 1.29 is 9.18 Å². The van der Waals surface area contributed by atoms with Gasteiger partial charge in [0.1, 0.15) is 17.5 Å². The lowest BCUT2D eigenvalue weighted by molar-refractivity contribution is -0.128. The summed E-state index contributed by atoms with van der Waals surface area (Å²) in [5, 5.41) is 7.88. The van der Waals surface area contributed by atoms with Gasteiger partial charge in [0.2, 0.25) is 5.91 Å². The van der Waals surface area contributed by atoms with Gasteiger partial charge in [0.15, 0.2) is 17.3 Å². The van der Waals surface area contributed by atoms with Gasteiger partial charge in [-0.2, -0.15) is 5.10 Å². The number of imidazole rings is 1. The first-order chi connectivity index (χ1) is 20.9. The van der Waals surface area contributed by atoms with E-state index in [0.717, 1.165) is 24.1 Å². The maximum atomic E-state index is 15.1. The monoisotopic (exact) mass is 579 g/mol. The topological polar surface area (TPSA) is 119 Å². The number of nitrogens with zero attached hydrogens (tertiary/aromatic N) is 7. The van der Waals surface area contributed by atoms with Crippen LogP contribution < -0.4 is 11.1 Å². The first-order valence-corrected chi connectivity index (χ1v) is 14.3. The van der Waals surface area contributed by atoms with Crippen molar-refractivity contribution in [3.63, 3.8) is 0 Å². The highest BCUT2D eigenvalue weighted by Crippen LogP contribution is 2.35. The first-order valence-electron chi connectivity index (χ1n) is 14.3. The van der Waals surface area contributed by atoms with Crippen LogP contribution in [0.4, 0.5) is 4.39 Å². The molecule has 43 heavy (non-hydrogen) atoms. The minimum atomic E-state index is -1.14. The van der Waals surface area contributed by atoms with E-state index in [-0.39, 0.29) is 24.5 Å². The summed E-state index contributed by atoms with van der Waals surface area (Å²) in [6.07, 6.45) is 9.35. The van der Waals surface area contributed by atoms with E-state index in [4.69, 9.17) is 15.7 Å². The zero-order chi connectivity index (χ0) is 30.1. The van der Waals surface area contributed by atoms with E-state index in [1.807, 2.05) is 35.0 Å². The van der Waals surface area contributed by atoms with Crippen molar-refractivity contribution >= 4 is 28.5 Å². The molecule has 1 aliphatic heterocycles. The van der Waals surface area contributed by atoms with Crippen molar-refractivity contribution in [2.24, 2.45) is 10.7 Å². The standard InChI is InChI=1S/C32H34FN9O/c1-4-7-23(30(34)35-3)31-38-27-12-13-28(41-16-6-15-36-41)39-32(27)42(31)21-9-10-22-20(18-21)8-11-25(22)37-26-14-17-40(19-24(26)33)29(43)5-2/h4-7,9-10,12-13,15-16,18,24-26,37H,1-2,8,11,14,17,19H2,3H3,(H2,34,35)/b23-7+/t24?,25-,26?/m0/s1. The number of hydrogen-bond acceptors (Lipinski definition) is 6. The average molecular weight is 580 g/mol. The summed E-state index contributed by atoms with van der Waals surface area (Å²) in [6, 6.07) is 11.6. The molecular weight excluding hydrogens is 545 g/mol. The lowest BCUT2D eigenvalue weighted by Gasteiger charge is -2.36. The smallest absolute Gasteiger partial charge is 0.246 e. The molecule has 1 amide bonds. The lowest BCUT2D eigenvalue weighted by atomic mass is 10.00. The number of pyridine rings is 1. The molecule has 6 rings (SSSR count). The molecule has 10 nitrogen and oxygen atoms in total. The van der Waals surface area contributed by atoms with Crippen molar-refractivity contribution in [1.29, 1.82) is 0 Å². The number of amides is 1. The summed E-state index contributed by atoms with van der Waals surface area (Å²) >= 11 is 0. The molecular formula is C32H34FN9O. The van der Waals surface area contributed by atoms with Gasteiger partial charge < -0.3 is 16.0 Å². The summed E-state index contributed by atoms with van der Waals surface area (Å²) in [7, 11) is 1.64. The van der Waals surface area contributed by atoms with Gasteiger partial charge in [-0.05, 0) is 72.9 Å². The Morgan fingerprint density at radius 3 is 2.79 bits per heavy atom. The number of aliphatic imine (C=N–C) groups is 1. The van der Waals surface area contributed by atoms with Crippen LogP contribution in [0.5, 0.6) is 0 Å². The number of likely N-dealkylation sites (tertiary alicyclic amines) is 1. The highest BCUT2D eigenvalue weighted by Gasteiger charge is 2.34. The van der Waals surface area contributed by atoms with Crippen molar-refractivity contribution in [3.05, 3.63) is 97.1 Å². The Labute approximate surface area is 249 Å². The summed E-state index contributed by atoms with van der Waals surface area (Å²) in [5.41, 5.74) is 11.5. The van der Waals surface area contributed by atoms with E-state index >= 15 is 4.39 Å². The zero-order valence-electron chi connectivity index (χ0n) is 24.0. The van der Waals surface area contributed by atoms with Crippen molar-refractivity contribution in [1.82, 2.24) is 34.5 Å². The molecule has 220 valence electrons. The van der Waals surface area contributed by atoms with E-state index in [9.17, 15) is 4.79 Å². The van der Waals surface area contributed by atoms with Crippen LogP contribution in [0.3, 0.4) is 0 Å². The number of aryl methyl sites for hydroxylation is 1. The Morgan fingerprint density at radius 1 is 1.21 bits per heavy atom. The third-order valence-electron chi connectivity index (χ3n) is 8.18. The predicted molar refractivity (Wildman–Crippen MR) is 166 cm³/mol. The highest BCUT2D eigenvalue weighted by molar-refractivity contribution is 6.21. The number of fused-ring (bicyclic) bond motifs is 2. The third-order valence-corrected chi connectivity index (χ3v) is 8.18. The van der Waals surface area contributed by atoms with Gasteiger partial charge in [-0.15, -0.1) is 0 Å². The number of benzene rings is 1. The highest BCUT2D eigenvalue weighted by atomic mass is 19.1. The van der Waals surface area contributed by atoms with Crippen LogP contribution in [-0.4, -0.2) is 73.3 Å². The van der Waals surface area contributed by atoms with E-state index in [1.54, 1.807) is 30.1 Å². The second kappa shape index (κ2) is 11.8. The fraction of sp³-hybridized carbons (Fsp3) is 0.281. The Kier molecular flexibility index (Phi) is 7.73. The van der Waals surface area contributed by atoms with Crippen LogP contribution in [0.1, 0.15) is 35.8 Å². The maximum Gasteiger partial charge on any atom is 0.246 e. The number of piperidine rings is 1. The molecule has 0 spiro atoms. The minimum absolute atomic E-state index is 0.0246. The SMILES string of the molecule is C=C/C=C(\C(N)=NC)c1nc2ccc(-n3cccn3)nc2n1-c1ccc2c(c1)CC[C@@H]2NC1CCN(C(=O)C=C)CC1F. The summed E-state index contributed by atoms with van der Waals surface area (Å²) in [4.78, 5) is 27.6. The van der Waals surface area contributed by atoms with Crippen LogP contribution in [0.25, 0.3) is 28.2 Å². The summed E-state index contributed by atoms with van der Waals surface area (Å²) in [6.45, 7) is 7.97. The number of halogens is 1. The Morgan fingerprint density at radius 2 is 2.07 bits per heavy atom. The molecule has 0 bridgehead atoms. The Bertz CT molecular complexity index is 1750. The number of carbonyl (C=O) groups excluding carboxylic acids is 1. The molecule has 0 saturated carbocycles. The Balaban J connectivity index is 1.37. The average Bonchev–Trinajstić information content (AvgIpc) is 3.78. The molecule has 11 heteroatoms. The number of allylic oxidation sites excluding steroid dienone is 2. The first kappa shape index (κ1) is 28.2. The molecule has 3 N–H and O–H groups in total. The molecule has 4 aromatic rings. The number of aromatic nitrogens is 5. The van der Waals surface area contributed by atoms with Gasteiger partial charge in [-0.25, -0.2) is 19.0 Å². The lowest BCUT2D eigenvalue weighted by Crippen LogP contribution is -2.52. The molecule has 3 atom stereocenters. The van der Waals surface area contributed by atoms with Gasteiger partial charge in [0, 0.05) is 43.8 Å². The molecule has 1 saturated heterocycles. The van der Waals surface area contributed by atoms with Gasteiger partial charge in [0.05, 0.1) is 12.1 Å². The zero-order valence-corrected chi connectivity index (χ0v) is 24.0. The van der Waals surface area contributed by atoms with Crippen LogP contribution in [-0.2, 0) is 11.2 Å². The molecule has 3 aromatic heterocycles. The second-order valence-corrected chi connectivity index (χ2v) is 10.7. The normalized spacial score (nSPS) is 20.8. The number of amidine groups is 1. The number of nitrogens with two attached hydrogens (primary N) is 1. The van der Waals surface area contributed by atoms with Gasteiger partial charge in [-0.1, -0.05) is 25.3 Å². The second-order valence-electron chi connectivity index (χ2n) is 10.7. The van der Waals surface area contributed by atoms with Crippen LogP contribution in [0.2, 0.25) is 0 Å². The predicted octanol–water partition coefficient (Wildman–Crippen LogP) is 3.86.